The molecular weight excluding hydrogens is 197 g/mol. The maximum Gasteiger partial charge on any atom is 0.491 e. The molecule has 0 aliphatic carbocycles. The van der Waals surface area contributed by atoms with E-state index in [9.17, 15) is 4.79 Å². The molecule has 7 heteroatoms. The van der Waals surface area contributed by atoms with Crippen LogP contribution in [0.4, 0.5) is 0 Å². The highest BCUT2D eigenvalue weighted by atomic mass is 16.4. The van der Waals surface area contributed by atoms with Crippen molar-refractivity contribution in [3.05, 3.63) is 25.0 Å². The van der Waals surface area contributed by atoms with Crippen molar-refractivity contribution in [2.24, 2.45) is 0 Å². The summed E-state index contributed by atoms with van der Waals surface area (Å²) in [4.78, 5) is 10.8. The van der Waals surface area contributed by atoms with Crippen molar-refractivity contribution in [3.8, 4) is 0 Å². The minimum absolute atomic E-state index is 0.246. The van der Waals surface area contributed by atoms with Gasteiger partial charge >= 0.3 is 7.12 Å². The number of hydrogen-bond donors (Lipinski definition) is 3. The summed E-state index contributed by atoms with van der Waals surface area (Å²) in [6, 6.07) is 0. The number of amides is 1. The van der Waals surface area contributed by atoms with Crippen molar-refractivity contribution >= 4 is 18.5 Å². The van der Waals surface area contributed by atoms with Gasteiger partial charge in [-0.1, -0.05) is 6.58 Å². The third-order valence-corrected chi connectivity index (χ3v) is 1.78. The molecule has 15 heavy (non-hydrogen) atoms. The van der Waals surface area contributed by atoms with Crippen molar-refractivity contribution in [2.75, 3.05) is 6.54 Å². The Morgan fingerprint density at radius 3 is 3.00 bits per heavy atom. The van der Waals surface area contributed by atoms with Gasteiger partial charge in [0.25, 0.3) is 0 Å². The Hall–Kier alpha value is -1.60. The first-order valence-corrected chi connectivity index (χ1v) is 4.42. The number of nitrogens with one attached hydrogen (secondary N) is 1. The molecule has 0 aliphatic heterocycles. The molecule has 0 unspecified atom stereocenters. The summed E-state index contributed by atoms with van der Waals surface area (Å²) >= 11 is 0. The lowest BCUT2D eigenvalue weighted by molar-refractivity contribution is -0.116. The van der Waals surface area contributed by atoms with E-state index in [1.54, 1.807) is 0 Å². The average molecular weight is 209 g/mol. The minimum atomic E-state index is -1.51. The van der Waals surface area contributed by atoms with E-state index >= 15 is 0 Å². The molecule has 0 aliphatic rings. The zero-order chi connectivity index (χ0) is 11.3. The van der Waals surface area contributed by atoms with E-state index in [1.165, 1.54) is 23.2 Å². The first-order valence-electron chi connectivity index (χ1n) is 4.42. The van der Waals surface area contributed by atoms with Crippen molar-refractivity contribution in [2.45, 2.75) is 6.54 Å². The molecule has 0 aromatic carbocycles. The normalized spacial score (nSPS) is 9.73. The number of rotatable bonds is 5. The first kappa shape index (κ1) is 11.5. The van der Waals surface area contributed by atoms with Gasteiger partial charge < -0.3 is 15.4 Å². The fourth-order valence-electron chi connectivity index (χ4n) is 1.00. The van der Waals surface area contributed by atoms with Crippen LogP contribution in [0, 0.1) is 0 Å². The van der Waals surface area contributed by atoms with Crippen molar-refractivity contribution in [1.82, 2.24) is 15.1 Å². The highest BCUT2D eigenvalue weighted by Crippen LogP contribution is 1.83. The Labute approximate surface area is 87.4 Å². The quantitative estimate of drug-likeness (QED) is 0.381. The van der Waals surface area contributed by atoms with E-state index in [4.69, 9.17) is 10.0 Å². The van der Waals surface area contributed by atoms with Crippen LogP contribution in [0.2, 0.25) is 0 Å². The van der Waals surface area contributed by atoms with Crippen LogP contribution in [0.15, 0.2) is 25.0 Å². The van der Waals surface area contributed by atoms with Gasteiger partial charge in [0.2, 0.25) is 5.91 Å². The topological polar surface area (TPSA) is 87.4 Å². The van der Waals surface area contributed by atoms with Gasteiger partial charge in [-0.05, 0) is 6.08 Å². The summed E-state index contributed by atoms with van der Waals surface area (Å²) in [5, 5.41) is 24.1. The van der Waals surface area contributed by atoms with Gasteiger partial charge in [-0.3, -0.25) is 9.48 Å². The molecule has 1 aromatic rings. The zero-order valence-electron chi connectivity index (χ0n) is 8.13. The molecule has 0 radical (unpaired) electrons. The summed E-state index contributed by atoms with van der Waals surface area (Å²) in [6.45, 7) is 4.19. The van der Waals surface area contributed by atoms with Crippen LogP contribution in [-0.2, 0) is 11.3 Å². The molecule has 1 heterocycles. The largest absolute Gasteiger partial charge is 0.491 e. The van der Waals surface area contributed by atoms with Crippen LogP contribution in [0.5, 0.6) is 0 Å². The predicted molar refractivity (Wildman–Crippen MR) is 55.3 cm³/mol. The molecule has 1 amide bonds. The lowest BCUT2D eigenvalue weighted by Crippen LogP contribution is -2.29. The van der Waals surface area contributed by atoms with Crippen LogP contribution >= 0.6 is 0 Å². The molecule has 0 atom stereocenters. The summed E-state index contributed by atoms with van der Waals surface area (Å²) in [7, 11) is -1.51. The molecule has 1 aromatic heterocycles. The maximum atomic E-state index is 10.8. The molecule has 0 saturated heterocycles. The van der Waals surface area contributed by atoms with Crippen LogP contribution in [0.3, 0.4) is 0 Å². The van der Waals surface area contributed by atoms with E-state index in [0.29, 0.717) is 18.6 Å². The molecule has 6 nitrogen and oxygen atoms in total. The number of carbonyl (C=O) groups is 1. The molecule has 0 bridgehead atoms. The van der Waals surface area contributed by atoms with E-state index in [2.05, 4.69) is 17.0 Å². The van der Waals surface area contributed by atoms with Gasteiger partial charge in [-0.15, -0.1) is 0 Å². The predicted octanol–water partition coefficient (Wildman–Crippen LogP) is -2.13. The molecular formula is C8H12BN3O3. The lowest BCUT2D eigenvalue weighted by atomic mass is 9.83. The second kappa shape index (κ2) is 5.33. The smallest absolute Gasteiger partial charge is 0.423 e. The van der Waals surface area contributed by atoms with Gasteiger partial charge in [-0.2, -0.15) is 5.10 Å². The van der Waals surface area contributed by atoms with Gasteiger partial charge in [0.15, 0.2) is 0 Å². The van der Waals surface area contributed by atoms with E-state index in [0.717, 1.165) is 0 Å². The third-order valence-electron chi connectivity index (χ3n) is 1.78. The van der Waals surface area contributed by atoms with Crippen molar-refractivity contribution in [3.63, 3.8) is 0 Å². The molecule has 3 N–H and O–H groups in total. The van der Waals surface area contributed by atoms with Crippen molar-refractivity contribution < 1.29 is 14.8 Å². The highest BCUT2D eigenvalue weighted by molar-refractivity contribution is 6.58. The molecule has 1 rings (SSSR count). The van der Waals surface area contributed by atoms with Crippen LogP contribution < -0.4 is 10.8 Å². The average Bonchev–Trinajstić information content (AvgIpc) is 2.66. The van der Waals surface area contributed by atoms with Crippen LogP contribution in [-0.4, -0.2) is 39.4 Å². The minimum Gasteiger partial charge on any atom is -0.423 e. The Morgan fingerprint density at radius 2 is 2.47 bits per heavy atom. The third kappa shape index (κ3) is 3.57. The fraction of sp³-hybridized carbons (Fsp3) is 0.250. The monoisotopic (exact) mass is 209 g/mol. The summed E-state index contributed by atoms with van der Waals surface area (Å²) in [5.41, 5.74) is 0.324. The van der Waals surface area contributed by atoms with Gasteiger partial charge in [0.1, 0.15) is 0 Å². The Morgan fingerprint density at radius 1 is 1.73 bits per heavy atom. The second-order valence-electron chi connectivity index (χ2n) is 2.91. The number of nitrogens with zero attached hydrogens (tertiary/aromatic N) is 2. The maximum absolute atomic E-state index is 10.8. The van der Waals surface area contributed by atoms with E-state index in [-0.39, 0.29) is 5.91 Å². The van der Waals surface area contributed by atoms with E-state index < -0.39 is 7.12 Å². The summed E-state index contributed by atoms with van der Waals surface area (Å²) in [5.74, 6) is -0.246. The fourth-order valence-corrected chi connectivity index (χ4v) is 1.00. The standard InChI is InChI=1S/C8H12BN3O3/c1-2-8(13)10-3-4-12-6-7(5-11-12)9(14)15/h2,5-6,14-15H,1,3-4H2,(H,10,13). The van der Waals surface area contributed by atoms with E-state index in [1.807, 2.05) is 0 Å². The Balaban J connectivity index is 2.38. The van der Waals surface area contributed by atoms with Gasteiger partial charge in [0.05, 0.1) is 6.54 Å². The first-order chi connectivity index (χ1) is 7.13. The summed E-state index contributed by atoms with van der Waals surface area (Å²) in [6.07, 6.45) is 4.05. The van der Waals surface area contributed by atoms with Crippen LogP contribution in [0.25, 0.3) is 0 Å². The number of carbonyl (C=O) groups excluding carboxylic acids is 1. The van der Waals surface area contributed by atoms with Gasteiger partial charge in [0, 0.05) is 24.4 Å². The molecule has 0 spiro atoms. The Bertz CT molecular complexity index is 351. The lowest BCUT2D eigenvalue weighted by Gasteiger charge is -2.01. The van der Waals surface area contributed by atoms with Crippen molar-refractivity contribution in [1.29, 1.82) is 0 Å². The summed E-state index contributed by atoms with van der Waals surface area (Å²) < 4.78 is 1.51. The molecule has 0 fully saturated rings. The van der Waals surface area contributed by atoms with Gasteiger partial charge in [-0.25, -0.2) is 0 Å². The molecule has 0 saturated carbocycles. The second-order valence-corrected chi connectivity index (χ2v) is 2.91. The SMILES string of the molecule is C=CC(=O)NCCn1cc(B(O)O)cn1. The zero-order valence-corrected chi connectivity index (χ0v) is 8.13. The molecule has 80 valence electrons. The van der Waals surface area contributed by atoms with Crippen LogP contribution in [0.1, 0.15) is 0 Å². The number of hydrogen-bond acceptors (Lipinski definition) is 4. The Kier molecular flexibility index (Phi) is 4.08. The number of aromatic nitrogens is 2. The highest BCUT2D eigenvalue weighted by Gasteiger charge is 2.12.